The summed E-state index contributed by atoms with van der Waals surface area (Å²) in [6, 6.07) is 9.26. The van der Waals surface area contributed by atoms with Crippen molar-refractivity contribution in [3.8, 4) is 0 Å². The molecule has 1 aliphatic rings. The first-order chi connectivity index (χ1) is 15.2. The first-order valence-corrected chi connectivity index (χ1v) is 11.9. The van der Waals surface area contributed by atoms with E-state index in [0.29, 0.717) is 13.0 Å². The fourth-order valence-corrected chi connectivity index (χ4v) is 4.06. The van der Waals surface area contributed by atoms with Crippen molar-refractivity contribution in [1.82, 2.24) is 16.0 Å². The molecule has 32 heavy (non-hydrogen) atoms. The molecule has 0 radical (unpaired) electrons. The van der Waals surface area contributed by atoms with Gasteiger partial charge in [-0.3, -0.25) is 4.79 Å². The van der Waals surface area contributed by atoms with Crippen molar-refractivity contribution in [3.05, 3.63) is 35.9 Å². The molecular weight excluding hydrogens is 406 g/mol. The summed E-state index contributed by atoms with van der Waals surface area (Å²) < 4.78 is 5.39. The van der Waals surface area contributed by atoms with Gasteiger partial charge in [0.25, 0.3) is 0 Å². The van der Waals surface area contributed by atoms with Crippen LogP contribution in [0.25, 0.3) is 0 Å². The van der Waals surface area contributed by atoms with Crippen molar-refractivity contribution in [2.45, 2.75) is 90.0 Å². The Morgan fingerprint density at radius 2 is 1.91 bits per heavy atom. The molecule has 0 aliphatic heterocycles. The van der Waals surface area contributed by atoms with E-state index in [4.69, 9.17) is 4.74 Å². The minimum Gasteiger partial charge on any atom is -0.444 e. The van der Waals surface area contributed by atoms with Crippen LogP contribution in [0.15, 0.2) is 30.3 Å². The van der Waals surface area contributed by atoms with Crippen LogP contribution in [0, 0.1) is 5.92 Å². The number of aliphatic hydroxyl groups is 1. The van der Waals surface area contributed by atoms with Crippen molar-refractivity contribution in [2.24, 2.45) is 5.92 Å². The molecule has 2 rings (SSSR count). The first kappa shape index (κ1) is 26.1. The maximum absolute atomic E-state index is 12.5. The molecule has 7 heteroatoms. The molecule has 1 saturated carbocycles. The molecule has 0 aromatic heterocycles. The normalized spacial score (nSPS) is 20.4. The Labute approximate surface area is 192 Å². The highest BCUT2D eigenvalue weighted by Gasteiger charge is 2.33. The SMILES string of the molecule is CCCCNC(=O)C1CCCC1NC[C@@H](O)[C@H](Cc1ccccc1)NC(=O)OC(C)(C)C. The summed E-state index contributed by atoms with van der Waals surface area (Å²) >= 11 is 0. The molecule has 1 aromatic carbocycles. The predicted octanol–water partition coefficient (Wildman–Crippen LogP) is 3.16. The summed E-state index contributed by atoms with van der Waals surface area (Å²) in [7, 11) is 0. The second kappa shape index (κ2) is 12.8. The summed E-state index contributed by atoms with van der Waals surface area (Å²) in [6.07, 6.45) is 3.88. The number of benzene rings is 1. The van der Waals surface area contributed by atoms with E-state index in [9.17, 15) is 14.7 Å². The van der Waals surface area contributed by atoms with Crippen LogP contribution in [0.2, 0.25) is 0 Å². The number of carbonyl (C=O) groups is 2. The summed E-state index contributed by atoms with van der Waals surface area (Å²) in [5.74, 6) is 0.0149. The van der Waals surface area contributed by atoms with Crippen LogP contribution in [0.3, 0.4) is 0 Å². The van der Waals surface area contributed by atoms with Gasteiger partial charge in [-0.05, 0) is 52.0 Å². The molecule has 2 amide bonds. The number of hydrogen-bond acceptors (Lipinski definition) is 5. The van der Waals surface area contributed by atoms with E-state index in [0.717, 1.165) is 37.7 Å². The van der Waals surface area contributed by atoms with Crippen molar-refractivity contribution < 1.29 is 19.4 Å². The minimum absolute atomic E-state index is 0.0326. The Bertz CT molecular complexity index is 705. The number of unbranched alkanes of at least 4 members (excludes halogenated alkanes) is 1. The lowest BCUT2D eigenvalue weighted by atomic mass is 9.99. The third kappa shape index (κ3) is 9.17. The van der Waals surface area contributed by atoms with Crippen molar-refractivity contribution in [3.63, 3.8) is 0 Å². The fourth-order valence-electron chi connectivity index (χ4n) is 4.06. The monoisotopic (exact) mass is 447 g/mol. The van der Waals surface area contributed by atoms with E-state index in [1.807, 2.05) is 51.1 Å². The molecular formula is C25H41N3O4. The van der Waals surface area contributed by atoms with Crippen LogP contribution in [0.1, 0.15) is 65.4 Å². The number of alkyl carbamates (subject to hydrolysis) is 1. The van der Waals surface area contributed by atoms with Gasteiger partial charge in [0.2, 0.25) is 5.91 Å². The summed E-state index contributed by atoms with van der Waals surface area (Å²) in [6.45, 7) is 8.52. The van der Waals surface area contributed by atoms with Crippen LogP contribution < -0.4 is 16.0 Å². The van der Waals surface area contributed by atoms with Gasteiger partial charge in [-0.15, -0.1) is 0 Å². The van der Waals surface area contributed by atoms with Crippen LogP contribution in [-0.4, -0.2) is 54.0 Å². The van der Waals surface area contributed by atoms with Crippen LogP contribution >= 0.6 is 0 Å². The molecule has 0 spiro atoms. The van der Waals surface area contributed by atoms with Crippen LogP contribution in [-0.2, 0) is 16.0 Å². The smallest absolute Gasteiger partial charge is 0.407 e. The van der Waals surface area contributed by atoms with E-state index in [1.165, 1.54) is 0 Å². The zero-order valence-electron chi connectivity index (χ0n) is 20.0. The number of ether oxygens (including phenoxy) is 1. The number of hydrogen-bond donors (Lipinski definition) is 4. The van der Waals surface area contributed by atoms with E-state index < -0.39 is 23.8 Å². The van der Waals surface area contributed by atoms with Crippen LogP contribution in [0.5, 0.6) is 0 Å². The van der Waals surface area contributed by atoms with Gasteiger partial charge >= 0.3 is 6.09 Å². The Kier molecular flexibility index (Phi) is 10.5. The average Bonchev–Trinajstić information content (AvgIpc) is 3.20. The van der Waals surface area contributed by atoms with Gasteiger partial charge in [-0.1, -0.05) is 50.1 Å². The molecule has 2 unspecified atom stereocenters. The average molecular weight is 448 g/mol. The first-order valence-electron chi connectivity index (χ1n) is 11.9. The van der Waals surface area contributed by atoms with Gasteiger partial charge in [0.05, 0.1) is 18.1 Å². The number of amides is 2. The van der Waals surface area contributed by atoms with E-state index in [1.54, 1.807) is 0 Å². The zero-order valence-corrected chi connectivity index (χ0v) is 20.0. The highest BCUT2D eigenvalue weighted by Crippen LogP contribution is 2.26. The summed E-state index contributed by atoms with van der Waals surface area (Å²) in [5, 5.41) is 20.2. The van der Waals surface area contributed by atoms with E-state index >= 15 is 0 Å². The molecule has 4 atom stereocenters. The molecule has 1 aliphatic carbocycles. The molecule has 4 N–H and O–H groups in total. The number of nitrogens with one attached hydrogen (secondary N) is 3. The Morgan fingerprint density at radius 3 is 2.56 bits per heavy atom. The number of aliphatic hydroxyl groups excluding tert-OH is 1. The molecule has 1 aromatic rings. The third-order valence-electron chi connectivity index (χ3n) is 5.74. The number of rotatable bonds is 11. The second-order valence-electron chi connectivity index (χ2n) is 9.71. The van der Waals surface area contributed by atoms with Gasteiger partial charge in [-0.25, -0.2) is 4.79 Å². The quantitative estimate of drug-likeness (QED) is 0.391. The topological polar surface area (TPSA) is 99.7 Å². The van der Waals surface area contributed by atoms with Crippen molar-refractivity contribution in [2.75, 3.05) is 13.1 Å². The largest absolute Gasteiger partial charge is 0.444 e. The molecule has 0 bridgehead atoms. The van der Waals surface area contributed by atoms with Gasteiger partial charge in [0.1, 0.15) is 5.60 Å². The van der Waals surface area contributed by atoms with Crippen LogP contribution in [0.4, 0.5) is 4.79 Å². The minimum atomic E-state index is -0.827. The number of carbonyl (C=O) groups excluding carboxylic acids is 2. The Hall–Kier alpha value is -2.12. The predicted molar refractivity (Wildman–Crippen MR) is 126 cm³/mol. The highest BCUT2D eigenvalue weighted by molar-refractivity contribution is 5.79. The Morgan fingerprint density at radius 1 is 1.19 bits per heavy atom. The standard InChI is InChI=1S/C25H41N3O4/c1-5-6-15-26-23(30)19-13-10-14-20(19)27-17-22(29)21(16-18-11-8-7-9-12-18)28-24(31)32-25(2,3)4/h7-9,11-12,19-22,27,29H,5-6,10,13-17H2,1-4H3,(H,26,30)(H,28,31)/t19?,20?,21-,22+/m0/s1. The third-order valence-corrected chi connectivity index (χ3v) is 5.74. The summed E-state index contributed by atoms with van der Waals surface area (Å²) in [5.41, 5.74) is 0.397. The van der Waals surface area contributed by atoms with Gasteiger partial charge in [0.15, 0.2) is 0 Å². The molecule has 1 fully saturated rings. The van der Waals surface area contributed by atoms with Gasteiger partial charge in [-0.2, -0.15) is 0 Å². The molecule has 0 saturated heterocycles. The van der Waals surface area contributed by atoms with Crippen molar-refractivity contribution >= 4 is 12.0 Å². The lowest BCUT2D eigenvalue weighted by molar-refractivity contribution is -0.125. The van der Waals surface area contributed by atoms with Crippen molar-refractivity contribution in [1.29, 1.82) is 0 Å². The molecule has 0 heterocycles. The Balaban J connectivity index is 1.96. The maximum Gasteiger partial charge on any atom is 0.407 e. The summed E-state index contributed by atoms with van der Waals surface area (Å²) in [4.78, 5) is 24.9. The zero-order chi connectivity index (χ0) is 23.6. The molecule has 180 valence electrons. The maximum atomic E-state index is 12.5. The highest BCUT2D eigenvalue weighted by atomic mass is 16.6. The van der Waals surface area contributed by atoms with Gasteiger partial charge in [0, 0.05) is 19.1 Å². The lowest BCUT2D eigenvalue weighted by Crippen LogP contribution is -2.52. The lowest BCUT2D eigenvalue weighted by Gasteiger charge is -2.28. The fraction of sp³-hybridized carbons (Fsp3) is 0.680. The molecule has 7 nitrogen and oxygen atoms in total. The van der Waals surface area contributed by atoms with E-state index in [-0.39, 0.29) is 24.4 Å². The van der Waals surface area contributed by atoms with Gasteiger partial charge < -0.3 is 25.8 Å². The van der Waals surface area contributed by atoms with E-state index in [2.05, 4.69) is 22.9 Å². The second-order valence-corrected chi connectivity index (χ2v) is 9.71.